The lowest BCUT2D eigenvalue weighted by atomic mass is 9.72. The van der Waals surface area contributed by atoms with Gasteiger partial charge >= 0.3 is 0 Å². The van der Waals surface area contributed by atoms with E-state index < -0.39 is 0 Å². The molecule has 2 saturated heterocycles. The molecule has 3 nitrogen and oxygen atoms in total. The minimum Gasteiger partial charge on any atom is -0.374 e. The van der Waals surface area contributed by atoms with E-state index in [1.54, 1.807) is 0 Å². The molecule has 1 spiro atoms. The molecular formula is C13H26N2OS. The topological polar surface area (TPSA) is 47.3 Å². The highest BCUT2D eigenvalue weighted by Gasteiger charge is 2.44. The third-order valence-corrected chi connectivity index (χ3v) is 5.41. The number of hydrogen-bond acceptors (Lipinski definition) is 4. The summed E-state index contributed by atoms with van der Waals surface area (Å²) in [6.45, 7) is 7.70. The van der Waals surface area contributed by atoms with Crippen molar-refractivity contribution >= 4 is 11.8 Å². The summed E-state index contributed by atoms with van der Waals surface area (Å²) in [6.07, 6.45) is 3.53. The molecule has 2 aliphatic heterocycles. The van der Waals surface area contributed by atoms with Crippen LogP contribution in [0, 0.1) is 11.3 Å². The Morgan fingerprint density at radius 3 is 2.76 bits per heavy atom. The van der Waals surface area contributed by atoms with Gasteiger partial charge in [0, 0.05) is 18.4 Å². The van der Waals surface area contributed by atoms with Crippen molar-refractivity contribution < 1.29 is 4.74 Å². The van der Waals surface area contributed by atoms with E-state index >= 15 is 0 Å². The van der Waals surface area contributed by atoms with Crippen LogP contribution < -0.4 is 11.3 Å². The molecular weight excluding hydrogens is 232 g/mol. The standard InChI is InChI=1S/C13H26N2OS/c1-12(2,3)11(15-14)10-4-6-16-13(8-10)5-7-17-9-13/h10-11,15H,4-9,14H2,1-3H3. The predicted octanol–water partition coefficient (Wildman–Crippen LogP) is 2.17. The SMILES string of the molecule is CC(C)(C)C(NN)C1CCOC2(CCSC2)C1. The van der Waals surface area contributed by atoms with Gasteiger partial charge in [0.2, 0.25) is 0 Å². The van der Waals surface area contributed by atoms with Crippen molar-refractivity contribution in [2.75, 3.05) is 18.1 Å². The van der Waals surface area contributed by atoms with E-state index in [0.717, 1.165) is 13.0 Å². The van der Waals surface area contributed by atoms with E-state index in [0.29, 0.717) is 12.0 Å². The maximum atomic E-state index is 6.07. The number of thioether (sulfide) groups is 1. The molecule has 0 saturated carbocycles. The Balaban J connectivity index is 2.05. The minimum absolute atomic E-state index is 0.161. The van der Waals surface area contributed by atoms with Gasteiger partial charge in [-0.05, 0) is 36.3 Å². The van der Waals surface area contributed by atoms with Gasteiger partial charge in [-0.25, -0.2) is 0 Å². The van der Waals surface area contributed by atoms with E-state index in [2.05, 4.69) is 26.2 Å². The normalized spacial score (nSPS) is 36.4. The van der Waals surface area contributed by atoms with Gasteiger partial charge in [0.05, 0.1) is 5.60 Å². The van der Waals surface area contributed by atoms with Crippen LogP contribution in [0.1, 0.15) is 40.0 Å². The second-order valence-corrected chi connectivity index (χ2v) is 7.70. The number of rotatable bonds is 2. The molecule has 3 N–H and O–H groups in total. The van der Waals surface area contributed by atoms with Gasteiger partial charge in [-0.3, -0.25) is 11.3 Å². The average molecular weight is 258 g/mol. The van der Waals surface area contributed by atoms with Crippen LogP contribution in [0.3, 0.4) is 0 Å². The molecule has 3 atom stereocenters. The van der Waals surface area contributed by atoms with E-state index in [-0.39, 0.29) is 11.0 Å². The van der Waals surface area contributed by atoms with E-state index in [1.165, 1.54) is 24.3 Å². The summed E-state index contributed by atoms with van der Waals surface area (Å²) in [5, 5.41) is 0. The van der Waals surface area contributed by atoms with Gasteiger partial charge in [-0.15, -0.1) is 0 Å². The van der Waals surface area contributed by atoms with Crippen LogP contribution in [0.2, 0.25) is 0 Å². The first kappa shape index (κ1) is 13.7. The monoisotopic (exact) mass is 258 g/mol. The number of ether oxygens (including phenoxy) is 1. The second-order valence-electron chi connectivity index (χ2n) is 6.60. The van der Waals surface area contributed by atoms with E-state index in [9.17, 15) is 0 Å². The lowest BCUT2D eigenvalue weighted by Crippen LogP contribution is -2.54. The van der Waals surface area contributed by atoms with Crippen LogP contribution in [0.15, 0.2) is 0 Å². The molecule has 0 bridgehead atoms. The van der Waals surface area contributed by atoms with Crippen LogP contribution in [-0.2, 0) is 4.74 Å². The van der Waals surface area contributed by atoms with Gasteiger partial charge in [-0.2, -0.15) is 11.8 Å². The van der Waals surface area contributed by atoms with Crippen LogP contribution in [0.25, 0.3) is 0 Å². The Labute approximate surface area is 109 Å². The molecule has 2 rings (SSSR count). The van der Waals surface area contributed by atoms with Gasteiger partial charge < -0.3 is 4.74 Å². The number of hydrazine groups is 1. The molecule has 100 valence electrons. The highest BCUT2D eigenvalue weighted by atomic mass is 32.2. The van der Waals surface area contributed by atoms with Gasteiger partial charge in [0.15, 0.2) is 0 Å². The summed E-state index contributed by atoms with van der Waals surface area (Å²) in [7, 11) is 0. The summed E-state index contributed by atoms with van der Waals surface area (Å²) in [4.78, 5) is 0. The quantitative estimate of drug-likeness (QED) is 0.589. The fourth-order valence-electron chi connectivity index (χ4n) is 3.31. The molecule has 0 aromatic carbocycles. The van der Waals surface area contributed by atoms with Gasteiger partial charge in [0.1, 0.15) is 0 Å². The third kappa shape index (κ3) is 2.98. The zero-order valence-electron chi connectivity index (χ0n) is 11.3. The van der Waals surface area contributed by atoms with Crippen molar-refractivity contribution in [3.8, 4) is 0 Å². The Kier molecular flexibility index (Phi) is 4.08. The lowest BCUT2D eigenvalue weighted by molar-refractivity contribution is -0.0914. The Morgan fingerprint density at radius 1 is 1.47 bits per heavy atom. The van der Waals surface area contributed by atoms with Gasteiger partial charge in [-0.1, -0.05) is 20.8 Å². The molecule has 2 heterocycles. The van der Waals surface area contributed by atoms with Crippen molar-refractivity contribution in [1.29, 1.82) is 0 Å². The summed E-state index contributed by atoms with van der Waals surface area (Å²) < 4.78 is 6.07. The van der Waals surface area contributed by atoms with Crippen molar-refractivity contribution in [2.24, 2.45) is 17.2 Å². The third-order valence-electron chi connectivity index (χ3n) is 4.18. The number of nitrogens with one attached hydrogen (secondary N) is 1. The highest BCUT2D eigenvalue weighted by molar-refractivity contribution is 7.99. The Bertz CT molecular complexity index is 259. The molecule has 2 aliphatic rings. The maximum Gasteiger partial charge on any atom is 0.0783 e. The molecule has 4 heteroatoms. The first-order valence-electron chi connectivity index (χ1n) is 6.65. The molecule has 0 aromatic rings. The van der Waals surface area contributed by atoms with Crippen molar-refractivity contribution in [1.82, 2.24) is 5.43 Å². The fraction of sp³-hybridized carbons (Fsp3) is 1.00. The number of nitrogens with two attached hydrogens (primary N) is 1. The highest BCUT2D eigenvalue weighted by Crippen LogP contribution is 2.43. The molecule has 3 unspecified atom stereocenters. The van der Waals surface area contributed by atoms with E-state index in [1.807, 2.05) is 11.8 Å². The summed E-state index contributed by atoms with van der Waals surface area (Å²) in [5.41, 5.74) is 3.43. The number of hydrogen-bond donors (Lipinski definition) is 2. The zero-order valence-corrected chi connectivity index (χ0v) is 12.1. The van der Waals surface area contributed by atoms with Crippen LogP contribution in [0.5, 0.6) is 0 Å². The Morgan fingerprint density at radius 2 is 2.24 bits per heavy atom. The summed E-state index contributed by atoms with van der Waals surface area (Å²) in [6, 6.07) is 0.383. The largest absolute Gasteiger partial charge is 0.374 e. The Hall–Kier alpha value is 0.230. The minimum atomic E-state index is 0.161. The average Bonchev–Trinajstić information content (AvgIpc) is 2.65. The summed E-state index contributed by atoms with van der Waals surface area (Å²) in [5.74, 6) is 8.85. The van der Waals surface area contributed by atoms with Crippen molar-refractivity contribution in [2.45, 2.75) is 51.7 Å². The molecule has 2 fully saturated rings. The molecule has 0 radical (unpaired) electrons. The first-order valence-corrected chi connectivity index (χ1v) is 7.80. The first-order chi connectivity index (χ1) is 7.97. The van der Waals surface area contributed by atoms with Crippen LogP contribution in [0.4, 0.5) is 0 Å². The lowest BCUT2D eigenvalue weighted by Gasteiger charge is -2.44. The summed E-state index contributed by atoms with van der Waals surface area (Å²) >= 11 is 2.03. The zero-order chi connectivity index (χ0) is 12.5. The van der Waals surface area contributed by atoms with Crippen molar-refractivity contribution in [3.63, 3.8) is 0 Å². The predicted molar refractivity (Wildman–Crippen MR) is 73.9 cm³/mol. The maximum absolute atomic E-state index is 6.07. The molecule has 0 aromatic heterocycles. The molecule has 17 heavy (non-hydrogen) atoms. The molecule has 0 aliphatic carbocycles. The van der Waals surface area contributed by atoms with Gasteiger partial charge in [0.25, 0.3) is 0 Å². The molecule has 0 amide bonds. The van der Waals surface area contributed by atoms with Crippen LogP contribution >= 0.6 is 11.8 Å². The second kappa shape index (κ2) is 5.08. The van der Waals surface area contributed by atoms with E-state index in [4.69, 9.17) is 10.6 Å². The van der Waals surface area contributed by atoms with Crippen LogP contribution in [-0.4, -0.2) is 29.8 Å². The fourth-order valence-corrected chi connectivity index (χ4v) is 4.68. The van der Waals surface area contributed by atoms with Crippen molar-refractivity contribution in [3.05, 3.63) is 0 Å². The smallest absolute Gasteiger partial charge is 0.0783 e.